The molecule has 8 nitrogen and oxygen atoms in total. The van der Waals surface area contributed by atoms with E-state index in [2.05, 4.69) is 10.6 Å². The third-order valence-corrected chi connectivity index (χ3v) is 5.25. The molecule has 31 heavy (non-hydrogen) atoms. The first kappa shape index (κ1) is 22.0. The number of carbonyl (C=O) groups is 4. The van der Waals surface area contributed by atoms with E-state index in [-0.39, 0.29) is 0 Å². The Kier molecular flexibility index (Phi) is 6.39. The Labute approximate surface area is 180 Å². The molecule has 2 aromatic rings. The Morgan fingerprint density at radius 2 is 1.74 bits per heavy atom. The molecule has 1 heterocycles. The maximum Gasteiger partial charge on any atom is 0.327 e. The smallest absolute Gasteiger partial charge is 0.327 e. The van der Waals surface area contributed by atoms with Crippen molar-refractivity contribution in [2.24, 2.45) is 0 Å². The van der Waals surface area contributed by atoms with Crippen molar-refractivity contribution in [2.45, 2.75) is 38.8 Å². The Bertz CT molecular complexity index is 990. The van der Waals surface area contributed by atoms with E-state index in [4.69, 9.17) is 4.74 Å². The average Bonchev–Trinajstić information content (AvgIpc) is 2.97. The number of hydrogen-bond acceptors (Lipinski definition) is 5. The molecule has 0 bridgehead atoms. The van der Waals surface area contributed by atoms with Gasteiger partial charge >= 0.3 is 12.0 Å². The Balaban J connectivity index is 1.75. The lowest BCUT2D eigenvalue weighted by molar-refractivity contribution is -0.156. The zero-order chi connectivity index (χ0) is 22.6. The molecule has 0 aromatic heterocycles. The summed E-state index contributed by atoms with van der Waals surface area (Å²) in [5.74, 6) is -1.91. The fraction of sp³-hybridized carbons (Fsp3) is 0.304. The maximum atomic E-state index is 12.9. The number of benzene rings is 2. The van der Waals surface area contributed by atoms with Crippen LogP contribution in [0.3, 0.4) is 0 Å². The number of nitrogens with one attached hydrogen (secondary N) is 2. The topological polar surface area (TPSA) is 105 Å². The molecule has 3 rings (SSSR count). The van der Waals surface area contributed by atoms with Gasteiger partial charge in [-0.2, -0.15) is 0 Å². The summed E-state index contributed by atoms with van der Waals surface area (Å²) < 4.78 is 5.43. The lowest BCUT2D eigenvalue weighted by atomic mass is 9.99. The monoisotopic (exact) mass is 423 g/mol. The van der Waals surface area contributed by atoms with Crippen molar-refractivity contribution >= 4 is 29.5 Å². The molecule has 0 radical (unpaired) electrons. The van der Waals surface area contributed by atoms with Crippen LogP contribution in [0.25, 0.3) is 0 Å². The molecule has 2 atom stereocenters. The van der Waals surface area contributed by atoms with E-state index >= 15 is 0 Å². The van der Waals surface area contributed by atoms with Gasteiger partial charge in [0.1, 0.15) is 12.1 Å². The van der Waals surface area contributed by atoms with Crippen molar-refractivity contribution in [2.75, 3.05) is 11.9 Å². The van der Waals surface area contributed by atoms with Crippen molar-refractivity contribution in [3.8, 4) is 0 Å². The second-order valence-corrected chi connectivity index (χ2v) is 7.64. The number of esters is 1. The van der Waals surface area contributed by atoms with Crippen LogP contribution in [0.15, 0.2) is 54.6 Å². The molecule has 1 aliphatic heterocycles. The van der Waals surface area contributed by atoms with Crippen LogP contribution in [0.5, 0.6) is 0 Å². The summed E-state index contributed by atoms with van der Waals surface area (Å²) in [6, 6.07) is 15.1. The van der Waals surface area contributed by atoms with E-state index in [1.807, 2.05) is 19.1 Å². The highest BCUT2D eigenvalue weighted by Gasteiger charge is 2.47. The highest BCUT2D eigenvalue weighted by atomic mass is 16.5. The lowest BCUT2D eigenvalue weighted by Crippen LogP contribution is -2.43. The fourth-order valence-corrected chi connectivity index (χ4v) is 3.17. The minimum absolute atomic E-state index is 0.384. The van der Waals surface area contributed by atoms with Crippen molar-refractivity contribution in [3.05, 3.63) is 65.7 Å². The molecule has 1 aliphatic rings. The van der Waals surface area contributed by atoms with Gasteiger partial charge in [-0.05, 0) is 32.4 Å². The predicted molar refractivity (Wildman–Crippen MR) is 114 cm³/mol. The van der Waals surface area contributed by atoms with Crippen LogP contribution < -0.4 is 10.6 Å². The number of urea groups is 1. The molecule has 1 fully saturated rings. The number of rotatable bonds is 7. The first-order chi connectivity index (χ1) is 14.7. The summed E-state index contributed by atoms with van der Waals surface area (Å²) in [5.41, 5.74) is 1.01. The summed E-state index contributed by atoms with van der Waals surface area (Å²) in [4.78, 5) is 51.0. The van der Waals surface area contributed by atoms with E-state index in [9.17, 15) is 19.2 Å². The first-order valence-corrected chi connectivity index (χ1v) is 9.99. The van der Waals surface area contributed by atoms with Crippen LogP contribution in [0, 0.1) is 6.92 Å². The predicted octanol–water partition coefficient (Wildman–Crippen LogP) is 2.94. The molecule has 2 N–H and O–H groups in total. The van der Waals surface area contributed by atoms with Crippen molar-refractivity contribution in [3.63, 3.8) is 0 Å². The van der Waals surface area contributed by atoms with Gasteiger partial charge in [0.2, 0.25) is 6.10 Å². The van der Waals surface area contributed by atoms with E-state index in [0.29, 0.717) is 17.7 Å². The third-order valence-electron chi connectivity index (χ3n) is 5.25. The SMILES string of the molecule is CC[C@@]1(C)NC(=O)N(CC(=O)O[C@H](C(=O)Nc2ccc(C)cc2)c2ccccc2)C1=O. The van der Waals surface area contributed by atoms with Gasteiger partial charge in [-0.15, -0.1) is 0 Å². The summed E-state index contributed by atoms with van der Waals surface area (Å²) in [6.45, 7) is 4.71. The number of amides is 4. The van der Waals surface area contributed by atoms with E-state index < -0.39 is 42.0 Å². The first-order valence-electron chi connectivity index (χ1n) is 9.99. The van der Waals surface area contributed by atoms with Gasteiger partial charge in [-0.3, -0.25) is 19.3 Å². The molecule has 0 spiro atoms. The third kappa shape index (κ3) is 4.91. The maximum absolute atomic E-state index is 12.9. The van der Waals surface area contributed by atoms with Crippen molar-refractivity contribution in [1.82, 2.24) is 10.2 Å². The van der Waals surface area contributed by atoms with Gasteiger partial charge < -0.3 is 15.4 Å². The highest BCUT2D eigenvalue weighted by Crippen LogP contribution is 2.23. The average molecular weight is 423 g/mol. The van der Waals surface area contributed by atoms with Crippen LogP contribution in [-0.2, 0) is 19.1 Å². The zero-order valence-electron chi connectivity index (χ0n) is 17.7. The number of hydrogen-bond donors (Lipinski definition) is 2. The summed E-state index contributed by atoms with van der Waals surface area (Å²) in [6.07, 6.45) is -0.859. The van der Waals surface area contributed by atoms with E-state index in [1.165, 1.54) is 0 Å². The normalized spacial score (nSPS) is 19.0. The largest absolute Gasteiger partial charge is 0.446 e. The Morgan fingerprint density at radius 1 is 1.10 bits per heavy atom. The molecular formula is C23H25N3O5. The fourth-order valence-electron chi connectivity index (χ4n) is 3.17. The number of ether oxygens (including phenoxy) is 1. The summed E-state index contributed by atoms with van der Waals surface area (Å²) >= 11 is 0. The van der Waals surface area contributed by atoms with E-state index in [0.717, 1.165) is 10.5 Å². The molecule has 2 aromatic carbocycles. The molecule has 162 valence electrons. The number of nitrogens with zero attached hydrogens (tertiary/aromatic N) is 1. The molecule has 0 unspecified atom stereocenters. The van der Waals surface area contributed by atoms with Crippen LogP contribution in [0.1, 0.15) is 37.5 Å². The molecule has 4 amide bonds. The molecule has 0 saturated carbocycles. The van der Waals surface area contributed by atoms with Crippen LogP contribution in [0.2, 0.25) is 0 Å². The second kappa shape index (κ2) is 8.99. The number of imide groups is 1. The lowest BCUT2D eigenvalue weighted by Gasteiger charge is -2.21. The van der Waals surface area contributed by atoms with Gasteiger partial charge in [-0.25, -0.2) is 4.79 Å². The Morgan fingerprint density at radius 3 is 2.32 bits per heavy atom. The number of anilines is 1. The van der Waals surface area contributed by atoms with Crippen LogP contribution in [-0.4, -0.2) is 40.8 Å². The molecule has 8 heteroatoms. The van der Waals surface area contributed by atoms with Gasteiger partial charge in [0.25, 0.3) is 11.8 Å². The highest BCUT2D eigenvalue weighted by molar-refractivity contribution is 6.08. The zero-order valence-corrected chi connectivity index (χ0v) is 17.7. The van der Waals surface area contributed by atoms with Crippen molar-refractivity contribution in [1.29, 1.82) is 0 Å². The van der Waals surface area contributed by atoms with Gasteiger partial charge in [0.05, 0.1) is 0 Å². The van der Waals surface area contributed by atoms with Gasteiger partial charge in [0, 0.05) is 11.3 Å². The summed E-state index contributed by atoms with van der Waals surface area (Å²) in [7, 11) is 0. The number of aryl methyl sites for hydroxylation is 1. The minimum Gasteiger partial charge on any atom is -0.446 e. The van der Waals surface area contributed by atoms with Crippen molar-refractivity contribution < 1.29 is 23.9 Å². The molecule has 1 saturated heterocycles. The van der Waals surface area contributed by atoms with Crippen LogP contribution in [0.4, 0.5) is 10.5 Å². The standard InChI is InChI=1S/C23H25N3O5/c1-4-23(3)21(29)26(22(30)25-23)14-18(27)31-19(16-8-6-5-7-9-16)20(28)24-17-12-10-15(2)11-13-17/h5-13,19H,4,14H2,1-3H3,(H,24,28)(H,25,30)/t19-,23+/m0/s1. The Hall–Kier alpha value is -3.68. The summed E-state index contributed by atoms with van der Waals surface area (Å²) in [5, 5.41) is 5.31. The van der Waals surface area contributed by atoms with Crippen LogP contribution >= 0.6 is 0 Å². The molecule has 0 aliphatic carbocycles. The van der Waals surface area contributed by atoms with Gasteiger partial charge in [0.15, 0.2) is 0 Å². The van der Waals surface area contributed by atoms with Gasteiger partial charge in [-0.1, -0.05) is 55.0 Å². The minimum atomic E-state index is -1.24. The van der Waals surface area contributed by atoms with E-state index in [1.54, 1.807) is 56.3 Å². The second-order valence-electron chi connectivity index (χ2n) is 7.64. The number of carbonyl (C=O) groups excluding carboxylic acids is 4. The quantitative estimate of drug-likeness (QED) is 0.526. The molecular weight excluding hydrogens is 398 g/mol.